The van der Waals surface area contributed by atoms with Crippen LogP contribution in [0.5, 0.6) is 0 Å². The van der Waals surface area contributed by atoms with E-state index in [2.05, 4.69) is 0 Å². The van der Waals surface area contributed by atoms with E-state index in [9.17, 15) is 4.39 Å². The largest absolute Gasteiger partial charge is 0.394 e. The average molecular weight is 204 g/mol. The summed E-state index contributed by atoms with van der Waals surface area (Å²) in [5.41, 5.74) is 5.12. The molecule has 0 saturated heterocycles. The number of halogens is 2. The second kappa shape index (κ2) is 3.62. The van der Waals surface area contributed by atoms with Gasteiger partial charge in [-0.3, -0.25) is 0 Å². The van der Waals surface area contributed by atoms with Crippen LogP contribution in [-0.2, 0) is 5.54 Å². The first kappa shape index (κ1) is 10.4. The molecule has 0 fully saturated rings. The minimum Gasteiger partial charge on any atom is -0.394 e. The van der Waals surface area contributed by atoms with Gasteiger partial charge in [0, 0.05) is 0 Å². The molecule has 0 aliphatic rings. The predicted octanol–water partition coefficient (Wildman–Crippen LogP) is 1.65. The predicted molar refractivity (Wildman–Crippen MR) is 50.0 cm³/mol. The molecule has 0 heterocycles. The Morgan fingerprint density at radius 2 is 2.23 bits per heavy atom. The van der Waals surface area contributed by atoms with Crippen LogP contribution in [-0.4, -0.2) is 11.7 Å². The summed E-state index contributed by atoms with van der Waals surface area (Å²) >= 11 is 5.69. The van der Waals surface area contributed by atoms with Gasteiger partial charge in [-0.05, 0) is 18.6 Å². The van der Waals surface area contributed by atoms with Crippen LogP contribution in [0.4, 0.5) is 4.39 Å². The maximum atomic E-state index is 13.0. The maximum Gasteiger partial charge on any atom is 0.142 e. The zero-order valence-electron chi connectivity index (χ0n) is 7.22. The van der Waals surface area contributed by atoms with Crippen LogP contribution in [0.15, 0.2) is 18.2 Å². The van der Waals surface area contributed by atoms with Crippen molar-refractivity contribution < 1.29 is 9.50 Å². The lowest BCUT2D eigenvalue weighted by molar-refractivity contribution is 0.210. The topological polar surface area (TPSA) is 46.2 Å². The Kier molecular flexibility index (Phi) is 2.91. The molecule has 0 spiro atoms. The van der Waals surface area contributed by atoms with E-state index in [4.69, 9.17) is 22.4 Å². The molecule has 0 radical (unpaired) electrons. The second-order valence-corrected chi connectivity index (χ2v) is 3.55. The van der Waals surface area contributed by atoms with Gasteiger partial charge in [0.05, 0.1) is 17.2 Å². The molecule has 4 heteroatoms. The van der Waals surface area contributed by atoms with Crippen LogP contribution in [0, 0.1) is 5.82 Å². The summed E-state index contributed by atoms with van der Waals surface area (Å²) < 4.78 is 13.0. The molecule has 0 aliphatic carbocycles. The Morgan fingerprint density at radius 3 is 2.77 bits per heavy atom. The van der Waals surface area contributed by atoms with Crippen molar-refractivity contribution in [3.63, 3.8) is 0 Å². The van der Waals surface area contributed by atoms with Crippen LogP contribution < -0.4 is 5.73 Å². The molecular weight excluding hydrogens is 193 g/mol. The molecule has 3 N–H and O–H groups in total. The van der Waals surface area contributed by atoms with E-state index in [0.29, 0.717) is 5.56 Å². The summed E-state index contributed by atoms with van der Waals surface area (Å²) in [6.07, 6.45) is 0. The minimum absolute atomic E-state index is 0.0263. The van der Waals surface area contributed by atoms with E-state index >= 15 is 0 Å². The van der Waals surface area contributed by atoms with E-state index in [1.54, 1.807) is 13.0 Å². The fourth-order valence-corrected chi connectivity index (χ4v) is 1.37. The van der Waals surface area contributed by atoms with Crippen LogP contribution >= 0.6 is 11.6 Å². The molecule has 0 bridgehead atoms. The van der Waals surface area contributed by atoms with Crippen molar-refractivity contribution in [3.8, 4) is 0 Å². The summed E-state index contributed by atoms with van der Waals surface area (Å²) in [7, 11) is 0. The van der Waals surface area contributed by atoms with Crippen molar-refractivity contribution in [2.24, 2.45) is 5.73 Å². The van der Waals surface area contributed by atoms with E-state index in [1.165, 1.54) is 12.1 Å². The Morgan fingerprint density at radius 1 is 1.62 bits per heavy atom. The monoisotopic (exact) mass is 203 g/mol. The second-order valence-electron chi connectivity index (χ2n) is 3.18. The zero-order valence-corrected chi connectivity index (χ0v) is 7.98. The number of benzene rings is 1. The van der Waals surface area contributed by atoms with Crippen LogP contribution in [0.2, 0.25) is 5.02 Å². The lowest BCUT2D eigenvalue weighted by Crippen LogP contribution is -2.37. The van der Waals surface area contributed by atoms with Crippen molar-refractivity contribution >= 4 is 11.6 Å². The van der Waals surface area contributed by atoms with E-state index < -0.39 is 11.4 Å². The normalized spacial score (nSPS) is 15.5. The molecule has 1 aromatic rings. The summed E-state index contributed by atoms with van der Waals surface area (Å²) in [5.74, 6) is -0.524. The number of rotatable bonds is 2. The molecule has 13 heavy (non-hydrogen) atoms. The van der Waals surface area contributed by atoms with Crippen LogP contribution in [0.25, 0.3) is 0 Å². The van der Waals surface area contributed by atoms with E-state index in [-0.39, 0.29) is 11.6 Å². The standard InChI is InChI=1S/C9H11ClFNO/c1-9(12,5-13)6-3-2-4-7(11)8(6)10/h2-4,13H,5,12H2,1H3/t9-/m1/s1. The molecule has 2 nitrogen and oxygen atoms in total. The molecule has 0 unspecified atom stereocenters. The SMILES string of the molecule is C[C@@](N)(CO)c1cccc(F)c1Cl. The Labute approximate surface area is 81.1 Å². The zero-order chi connectivity index (χ0) is 10.1. The van der Waals surface area contributed by atoms with Gasteiger partial charge < -0.3 is 10.8 Å². The quantitative estimate of drug-likeness (QED) is 0.768. The molecule has 0 saturated carbocycles. The van der Waals surface area contributed by atoms with Gasteiger partial charge in [-0.25, -0.2) is 4.39 Å². The smallest absolute Gasteiger partial charge is 0.142 e. The number of aliphatic hydroxyl groups excluding tert-OH is 1. The summed E-state index contributed by atoms with van der Waals surface area (Å²) in [4.78, 5) is 0. The lowest BCUT2D eigenvalue weighted by atomic mass is 9.94. The van der Waals surface area contributed by atoms with Crippen molar-refractivity contribution in [1.29, 1.82) is 0 Å². The summed E-state index contributed by atoms with van der Waals surface area (Å²) in [6.45, 7) is 1.31. The van der Waals surface area contributed by atoms with Crippen molar-refractivity contribution in [1.82, 2.24) is 0 Å². The van der Waals surface area contributed by atoms with Gasteiger partial charge in [-0.15, -0.1) is 0 Å². The van der Waals surface area contributed by atoms with Crippen molar-refractivity contribution in [2.45, 2.75) is 12.5 Å². The van der Waals surface area contributed by atoms with Gasteiger partial charge in [0.1, 0.15) is 5.82 Å². The molecule has 72 valence electrons. The fourth-order valence-electron chi connectivity index (χ4n) is 1.03. The maximum absolute atomic E-state index is 13.0. The van der Waals surface area contributed by atoms with Crippen molar-refractivity contribution in [2.75, 3.05) is 6.61 Å². The Hall–Kier alpha value is -0.640. The highest BCUT2D eigenvalue weighted by Gasteiger charge is 2.24. The number of hydrogen-bond donors (Lipinski definition) is 2. The highest BCUT2D eigenvalue weighted by atomic mass is 35.5. The average Bonchev–Trinajstić information content (AvgIpc) is 2.09. The molecular formula is C9H11ClFNO. The van der Waals surface area contributed by atoms with E-state index in [0.717, 1.165) is 0 Å². The first-order valence-electron chi connectivity index (χ1n) is 3.83. The third-order valence-electron chi connectivity index (χ3n) is 1.90. The Bertz CT molecular complexity index is 314. The van der Waals surface area contributed by atoms with Gasteiger partial charge in [-0.1, -0.05) is 23.7 Å². The lowest BCUT2D eigenvalue weighted by Gasteiger charge is -2.23. The van der Waals surface area contributed by atoms with Crippen molar-refractivity contribution in [3.05, 3.63) is 34.6 Å². The summed E-state index contributed by atoms with van der Waals surface area (Å²) in [6, 6.07) is 4.36. The molecule has 1 atom stereocenters. The molecule has 1 rings (SSSR count). The third-order valence-corrected chi connectivity index (χ3v) is 2.28. The number of hydrogen-bond acceptors (Lipinski definition) is 2. The molecule has 0 aliphatic heterocycles. The van der Waals surface area contributed by atoms with Gasteiger partial charge in [0.25, 0.3) is 0 Å². The molecule has 0 aromatic heterocycles. The first-order valence-corrected chi connectivity index (χ1v) is 4.21. The number of nitrogens with two attached hydrogens (primary N) is 1. The van der Waals surface area contributed by atoms with Gasteiger partial charge in [-0.2, -0.15) is 0 Å². The summed E-state index contributed by atoms with van der Waals surface area (Å²) in [5, 5.41) is 8.93. The van der Waals surface area contributed by atoms with Crippen LogP contribution in [0.1, 0.15) is 12.5 Å². The molecule has 0 amide bonds. The van der Waals surface area contributed by atoms with Gasteiger partial charge in [0.15, 0.2) is 0 Å². The fraction of sp³-hybridized carbons (Fsp3) is 0.333. The minimum atomic E-state index is -1.00. The highest BCUT2D eigenvalue weighted by molar-refractivity contribution is 6.31. The van der Waals surface area contributed by atoms with Crippen LogP contribution in [0.3, 0.4) is 0 Å². The number of aliphatic hydroxyl groups is 1. The molecule has 1 aromatic carbocycles. The first-order chi connectivity index (χ1) is 5.99. The van der Waals surface area contributed by atoms with Gasteiger partial charge in [0.2, 0.25) is 0 Å². The van der Waals surface area contributed by atoms with E-state index in [1.807, 2.05) is 0 Å². The highest BCUT2D eigenvalue weighted by Crippen LogP contribution is 2.27. The van der Waals surface area contributed by atoms with Gasteiger partial charge >= 0.3 is 0 Å². The third kappa shape index (κ3) is 1.99. The Balaban J connectivity index is 3.22.